The predicted octanol–water partition coefficient (Wildman–Crippen LogP) is 5.32. The topological polar surface area (TPSA) is 79.0 Å². The Hall–Kier alpha value is -3.49. The molecule has 2 aromatic carbocycles. The second kappa shape index (κ2) is 9.11. The van der Waals surface area contributed by atoms with E-state index in [0.717, 1.165) is 64.9 Å². The third-order valence-electron chi connectivity index (χ3n) is 7.56. The van der Waals surface area contributed by atoms with Crippen LogP contribution in [0, 0.1) is 12.8 Å². The maximum Gasteiger partial charge on any atom is 0.175 e. The van der Waals surface area contributed by atoms with E-state index in [2.05, 4.69) is 39.9 Å². The minimum Gasteiger partial charge on any atom is -0.381 e. The third-order valence-corrected chi connectivity index (χ3v) is 8.67. The van der Waals surface area contributed by atoms with Crippen molar-refractivity contribution in [1.29, 1.82) is 0 Å². The maximum absolute atomic E-state index is 12.6. The van der Waals surface area contributed by atoms with Gasteiger partial charge in [0.25, 0.3) is 0 Å². The van der Waals surface area contributed by atoms with Crippen LogP contribution in [-0.2, 0) is 21.6 Å². The Morgan fingerprint density at radius 1 is 1.00 bits per heavy atom. The van der Waals surface area contributed by atoms with Crippen LogP contribution in [0.15, 0.2) is 72.0 Å². The van der Waals surface area contributed by atoms with Gasteiger partial charge in [0.15, 0.2) is 9.84 Å². The van der Waals surface area contributed by atoms with Crippen LogP contribution < -0.4 is 0 Å². The van der Waals surface area contributed by atoms with Gasteiger partial charge < -0.3 is 13.9 Å². The number of sulfone groups is 1. The summed E-state index contributed by atoms with van der Waals surface area (Å²) in [6.07, 6.45) is 6.83. The number of benzene rings is 2. The first kappa shape index (κ1) is 23.9. The van der Waals surface area contributed by atoms with Crippen LogP contribution >= 0.6 is 0 Å². The van der Waals surface area contributed by atoms with E-state index in [1.54, 1.807) is 6.07 Å². The smallest absolute Gasteiger partial charge is 0.175 e. The van der Waals surface area contributed by atoms with E-state index in [-0.39, 0.29) is 6.04 Å². The number of aromatic nitrogens is 4. The summed E-state index contributed by atoms with van der Waals surface area (Å²) in [5.41, 5.74) is 6.87. The second-order valence-corrected chi connectivity index (χ2v) is 12.0. The van der Waals surface area contributed by atoms with E-state index in [1.807, 2.05) is 49.3 Å². The Balaban J connectivity index is 1.71. The van der Waals surface area contributed by atoms with E-state index in [1.165, 1.54) is 11.8 Å². The van der Waals surface area contributed by atoms with Gasteiger partial charge in [-0.2, -0.15) is 0 Å². The molecule has 0 N–H and O–H groups in total. The first-order valence-electron chi connectivity index (χ1n) is 12.6. The van der Waals surface area contributed by atoms with Gasteiger partial charge in [-0.1, -0.05) is 30.3 Å². The van der Waals surface area contributed by atoms with Gasteiger partial charge in [0.1, 0.15) is 0 Å². The molecule has 0 amide bonds. The average molecular weight is 515 g/mol. The molecule has 190 valence electrons. The summed E-state index contributed by atoms with van der Waals surface area (Å²) in [7, 11) is -1.40. The maximum atomic E-state index is 12.6. The van der Waals surface area contributed by atoms with Crippen molar-refractivity contribution < 1.29 is 13.2 Å². The van der Waals surface area contributed by atoms with E-state index in [9.17, 15) is 8.42 Å². The number of imidazole rings is 1. The number of fused-ring (bicyclic) bond motifs is 3. The summed E-state index contributed by atoms with van der Waals surface area (Å²) in [5, 5.41) is 0.948. The number of pyridine rings is 1. The number of hydrogen-bond acceptors (Lipinski definition) is 5. The van der Waals surface area contributed by atoms with Crippen LogP contribution in [0.3, 0.4) is 0 Å². The lowest BCUT2D eigenvalue weighted by Gasteiger charge is -2.33. The number of aryl methyl sites for hydroxylation is 2. The summed E-state index contributed by atoms with van der Waals surface area (Å²) >= 11 is 0. The van der Waals surface area contributed by atoms with Crippen LogP contribution in [0.4, 0.5) is 0 Å². The normalized spacial score (nSPS) is 16.0. The molecule has 1 atom stereocenters. The van der Waals surface area contributed by atoms with Crippen molar-refractivity contribution in [1.82, 2.24) is 19.1 Å². The summed E-state index contributed by atoms with van der Waals surface area (Å²) in [4.78, 5) is 9.74. The first-order valence-corrected chi connectivity index (χ1v) is 14.5. The van der Waals surface area contributed by atoms with Crippen molar-refractivity contribution in [3.63, 3.8) is 0 Å². The Labute approximate surface area is 216 Å². The zero-order chi connectivity index (χ0) is 25.7. The Kier molecular flexibility index (Phi) is 5.88. The molecular weight excluding hydrogens is 484 g/mol. The second-order valence-electron chi connectivity index (χ2n) is 10.0. The van der Waals surface area contributed by atoms with Gasteiger partial charge in [-0.05, 0) is 55.5 Å². The highest BCUT2D eigenvalue weighted by atomic mass is 32.2. The molecule has 6 rings (SSSR count). The molecule has 1 fully saturated rings. The van der Waals surface area contributed by atoms with Crippen molar-refractivity contribution in [2.45, 2.75) is 30.7 Å². The highest BCUT2D eigenvalue weighted by Gasteiger charge is 2.30. The van der Waals surface area contributed by atoms with E-state index < -0.39 is 9.84 Å². The Bertz CT molecular complexity index is 1700. The van der Waals surface area contributed by atoms with Crippen molar-refractivity contribution in [3.05, 3.63) is 78.4 Å². The number of ether oxygens (including phenoxy) is 1. The van der Waals surface area contributed by atoms with Gasteiger partial charge in [0, 0.05) is 43.7 Å². The van der Waals surface area contributed by atoms with Crippen LogP contribution in [0.2, 0.25) is 0 Å². The first-order chi connectivity index (χ1) is 17.8. The molecule has 0 spiro atoms. The molecule has 0 aliphatic carbocycles. The molecule has 8 heteroatoms. The molecule has 0 radical (unpaired) electrons. The molecule has 7 nitrogen and oxygen atoms in total. The van der Waals surface area contributed by atoms with Gasteiger partial charge >= 0.3 is 0 Å². The molecule has 5 aromatic rings. The molecule has 3 aromatic heterocycles. The fraction of sp³-hybridized carbons (Fsp3) is 0.310. The van der Waals surface area contributed by atoms with Gasteiger partial charge in [-0.3, -0.25) is 4.98 Å². The molecule has 0 saturated carbocycles. The van der Waals surface area contributed by atoms with Gasteiger partial charge in [-0.25, -0.2) is 13.4 Å². The minimum absolute atomic E-state index is 0.00425. The zero-order valence-corrected chi connectivity index (χ0v) is 22.1. The van der Waals surface area contributed by atoms with E-state index in [0.29, 0.717) is 10.8 Å². The fourth-order valence-corrected chi connectivity index (χ4v) is 6.46. The summed E-state index contributed by atoms with van der Waals surface area (Å²) in [6, 6.07) is 18.1. The lowest BCUT2D eigenvalue weighted by Crippen LogP contribution is -2.27. The summed E-state index contributed by atoms with van der Waals surface area (Å²) in [5.74, 6) is 0.332. The summed E-state index contributed by atoms with van der Waals surface area (Å²) in [6.45, 7) is 3.44. The van der Waals surface area contributed by atoms with Crippen molar-refractivity contribution in [2.75, 3.05) is 19.5 Å². The minimum atomic E-state index is -3.38. The van der Waals surface area contributed by atoms with Crippen molar-refractivity contribution >= 4 is 31.8 Å². The Morgan fingerprint density at radius 3 is 2.43 bits per heavy atom. The lowest BCUT2D eigenvalue weighted by atomic mass is 9.86. The molecule has 1 saturated heterocycles. The average Bonchev–Trinajstić information content (AvgIpc) is 3.40. The monoisotopic (exact) mass is 514 g/mol. The van der Waals surface area contributed by atoms with Crippen molar-refractivity contribution in [3.8, 4) is 11.3 Å². The van der Waals surface area contributed by atoms with Gasteiger partial charge in [-0.15, -0.1) is 0 Å². The third kappa shape index (κ3) is 4.14. The number of nitrogens with zero attached hydrogens (tertiary/aromatic N) is 4. The van der Waals surface area contributed by atoms with Gasteiger partial charge in [0.05, 0.1) is 45.2 Å². The van der Waals surface area contributed by atoms with E-state index >= 15 is 0 Å². The molecule has 37 heavy (non-hydrogen) atoms. The SMILES string of the molecule is Cc1ncn(C)c1-c1cnc2c3ccc(S(C)(=O)=O)cc3n(C(c3ccccc3)C3CCOCC3)c2c1. The number of hydrogen-bond donors (Lipinski definition) is 0. The Morgan fingerprint density at radius 2 is 1.76 bits per heavy atom. The van der Waals surface area contributed by atoms with Crippen LogP contribution in [0.1, 0.15) is 30.1 Å². The molecule has 1 aliphatic heterocycles. The van der Waals surface area contributed by atoms with E-state index in [4.69, 9.17) is 9.72 Å². The largest absolute Gasteiger partial charge is 0.381 e. The molecule has 0 bridgehead atoms. The quantitative estimate of drug-likeness (QED) is 0.317. The fourth-order valence-electron chi connectivity index (χ4n) is 5.82. The zero-order valence-electron chi connectivity index (χ0n) is 21.3. The molecule has 1 unspecified atom stereocenters. The standard InChI is InChI=1S/C29H30N4O3S/c1-19-28(32(2)18-31-19)22-15-26-27(30-17-22)24-10-9-23(37(3,34)35)16-25(24)33(26)29(20-7-5-4-6-8-20)21-11-13-36-14-12-21/h4-10,15-18,21,29H,11-14H2,1-3H3. The molecule has 1 aliphatic rings. The molecular formula is C29H30N4O3S. The predicted molar refractivity (Wildman–Crippen MR) is 145 cm³/mol. The number of rotatable bonds is 5. The lowest BCUT2D eigenvalue weighted by molar-refractivity contribution is 0.0553. The van der Waals surface area contributed by atoms with Gasteiger partial charge in [0.2, 0.25) is 0 Å². The molecule has 4 heterocycles. The highest BCUT2D eigenvalue weighted by Crippen LogP contribution is 2.41. The van der Waals surface area contributed by atoms with Crippen LogP contribution in [0.5, 0.6) is 0 Å². The summed E-state index contributed by atoms with van der Waals surface area (Å²) < 4.78 is 35.2. The van der Waals surface area contributed by atoms with Crippen molar-refractivity contribution in [2.24, 2.45) is 13.0 Å². The highest BCUT2D eigenvalue weighted by molar-refractivity contribution is 7.90. The van der Waals surface area contributed by atoms with Crippen LogP contribution in [-0.4, -0.2) is 47.0 Å². The van der Waals surface area contributed by atoms with Crippen LogP contribution in [0.25, 0.3) is 33.2 Å².